The first-order valence-electron chi connectivity index (χ1n) is 12.7. The summed E-state index contributed by atoms with van der Waals surface area (Å²) in [6, 6.07) is 20.2. The highest BCUT2D eigenvalue weighted by Crippen LogP contribution is 2.27. The van der Waals surface area contributed by atoms with Crippen LogP contribution in [0.25, 0.3) is 10.9 Å². The van der Waals surface area contributed by atoms with E-state index in [2.05, 4.69) is 63.5 Å². The van der Waals surface area contributed by atoms with E-state index in [0.717, 1.165) is 46.5 Å². The number of fused-ring (bicyclic) bond motifs is 1. The minimum absolute atomic E-state index is 0.0795. The molecule has 5 rings (SSSR count). The second-order valence-electron chi connectivity index (χ2n) is 9.50. The summed E-state index contributed by atoms with van der Waals surface area (Å²) in [5.74, 6) is 1.61. The lowest BCUT2D eigenvalue weighted by Crippen LogP contribution is -2.32. The molecule has 0 saturated heterocycles. The number of aromatic amines is 1. The normalized spacial score (nSPS) is 12.4. The second-order valence-corrected chi connectivity index (χ2v) is 9.50. The molecule has 2 aromatic carbocycles. The molecule has 0 radical (unpaired) electrons. The molecule has 1 unspecified atom stereocenters. The van der Waals surface area contributed by atoms with E-state index in [4.69, 9.17) is 4.42 Å². The number of hydrogen-bond donors (Lipinski definition) is 1. The van der Waals surface area contributed by atoms with E-state index in [1.807, 2.05) is 48.0 Å². The van der Waals surface area contributed by atoms with Gasteiger partial charge >= 0.3 is 0 Å². The predicted octanol–water partition coefficient (Wildman–Crippen LogP) is 5.12. The summed E-state index contributed by atoms with van der Waals surface area (Å²) >= 11 is 0. The van der Waals surface area contributed by atoms with Crippen molar-refractivity contribution in [3.63, 3.8) is 0 Å². The van der Waals surface area contributed by atoms with E-state index in [1.165, 1.54) is 5.56 Å². The monoisotopic (exact) mass is 496 g/mol. The SMILES string of the molecule is CCC(c1nnnn1CCc1ccccc1)N(Cc1ccco1)Cc1cc2ccc(C)c(C)c2[nH]c1=O. The summed E-state index contributed by atoms with van der Waals surface area (Å²) in [5.41, 5.74) is 5.00. The smallest absolute Gasteiger partial charge is 0.252 e. The molecule has 0 aliphatic carbocycles. The number of benzene rings is 2. The molecule has 8 nitrogen and oxygen atoms in total. The van der Waals surface area contributed by atoms with Gasteiger partial charge in [0.2, 0.25) is 0 Å². The van der Waals surface area contributed by atoms with E-state index in [9.17, 15) is 4.79 Å². The second kappa shape index (κ2) is 10.9. The van der Waals surface area contributed by atoms with Crippen molar-refractivity contribution < 1.29 is 4.42 Å². The Kier molecular flexibility index (Phi) is 7.28. The molecule has 8 heteroatoms. The van der Waals surface area contributed by atoms with Crippen molar-refractivity contribution in [3.8, 4) is 0 Å². The summed E-state index contributed by atoms with van der Waals surface area (Å²) in [5, 5.41) is 13.8. The molecule has 3 aromatic heterocycles. The van der Waals surface area contributed by atoms with Gasteiger partial charge in [-0.3, -0.25) is 9.69 Å². The van der Waals surface area contributed by atoms with E-state index in [-0.39, 0.29) is 11.6 Å². The highest BCUT2D eigenvalue weighted by atomic mass is 16.3. The molecule has 1 atom stereocenters. The molecular weight excluding hydrogens is 464 g/mol. The standard InChI is InChI=1S/C29H32N6O2/c1-4-26(28-31-32-33-35(28)15-14-22-9-6-5-7-10-22)34(19-25-11-8-16-37-25)18-24-17-23-13-12-20(2)21(3)27(23)30-29(24)36/h5-13,16-17,26H,4,14-15,18-19H2,1-3H3,(H,30,36). The van der Waals surface area contributed by atoms with Gasteiger partial charge in [0, 0.05) is 18.7 Å². The Balaban J connectivity index is 1.47. The first-order chi connectivity index (χ1) is 18.0. The zero-order valence-electron chi connectivity index (χ0n) is 21.5. The Bertz CT molecular complexity index is 1520. The first-order valence-corrected chi connectivity index (χ1v) is 12.7. The van der Waals surface area contributed by atoms with Crippen LogP contribution in [-0.4, -0.2) is 30.1 Å². The maximum absolute atomic E-state index is 13.2. The van der Waals surface area contributed by atoms with Crippen LogP contribution in [0.2, 0.25) is 0 Å². The van der Waals surface area contributed by atoms with E-state index >= 15 is 0 Å². The van der Waals surface area contributed by atoms with Gasteiger partial charge in [0.25, 0.3) is 5.56 Å². The fourth-order valence-corrected chi connectivity index (χ4v) is 4.88. The number of aromatic nitrogens is 5. The molecule has 1 N–H and O–H groups in total. The fraction of sp³-hybridized carbons (Fsp3) is 0.310. The quantitative estimate of drug-likeness (QED) is 0.288. The Morgan fingerprint density at radius 2 is 1.89 bits per heavy atom. The van der Waals surface area contributed by atoms with Crippen LogP contribution < -0.4 is 5.56 Å². The number of nitrogens with zero attached hydrogens (tertiary/aromatic N) is 5. The number of furan rings is 1. The van der Waals surface area contributed by atoms with Gasteiger partial charge in [0.05, 0.1) is 24.4 Å². The van der Waals surface area contributed by atoms with Gasteiger partial charge in [-0.15, -0.1) is 5.10 Å². The number of pyridine rings is 1. The van der Waals surface area contributed by atoms with Crippen LogP contribution in [0.5, 0.6) is 0 Å². The van der Waals surface area contributed by atoms with Crippen LogP contribution in [0, 0.1) is 13.8 Å². The number of hydrogen-bond acceptors (Lipinski definition) is 6. The highest BCUT2D eigenvalue weighted by Gasteiger charge is 2.26. The van der Waals surface area contributed by atoms with Gasteiger partial charge in [0.15, 0.2) is 5.82 Å². The number of tetrazole rings is 1. The summed E-state index contributed by atoms with van der Waals surface area (Å²) in [6.45, 7) is 7.85. The number of H-pyrrole nitrogens is 1. The van der Waals surface area contributed by atoms with Crippen molar-refractivity contribution in [3.05, 3.63) is 111 Å². The van der Waals surface area contributed by atoms with Crippen molar-refractivity contribution >= 4 is 10.9 Å². The summed E-state index contributed by atoms with van der Waals surface area (Å²) < 4.78 is 7.57. The van der Waals surface area contributed by atoms with Crippen molar-refractivity contribution in [2.45, 2.75) is 59.3 Å². The molecule has 5 aromatic rings. The van der Waals surface area contributed by atoms with Gasteiger partial charge in [-0.05, 0) is 77.4 Å². The predicted molar refractivity (Wildman–Crippen MR) is 143 cm³/mol. The molecule has 37 heavy (non-hydrogen) atoms. The fourth-order valence-electron chi connectivity index (χ4n) is 4.88. The first kappa shape index (κ1) is 24.6. The summed E-state index contributed by atoms with van der Waals surface area (Å²) in [7, 11) is 0. The van der Waals surface area contributed by atoms with Crippen LogP contribution in [-0.2, 0) is 26.1 Å². The molecule has 0 fully saturated rings. The average Bonchev–Trinajstić information content (AvgIpc) is 3.59. The molecule has 0 amide bonds. The minimum Gasteiger partial charge on any atom is -0.468 e. The van der Waals surface area contributed by atoms with Crippen LogP contribution in [0.4, 0.5) is 0 Å². The van der Waals surface area contributed by atoms with Crippen molar-refractivity contribution in [2.75, 3.05) is 0 Å². The average molecular weight is 497 g/mol. The van der Waals surface area contributed by atoms with Crippen molar-refractivity contribution in [1.82, 2.24) is 30.1 Å². The number of aryl methyl sites for hydroxylation is 4. The Hall–Kier alpha value is -4.04. The molecule has 0 aliphatic heterocycles. The third-order valence-electron chi connectivity index (χ3n) is 7.08. The van der Waals surface area contributed by atoms with Gasteiger partial charge in [-0.1, -0.05) is 49.4 Å². The van der Waals surface area contributed by atoms with Crippen molar-refractivity contribution in [1.29, 1.82) is 0 Å². The molecule has 3 heterocycles. The molecular formula is C29H32N6O2. The largest absolute Gasteiger partial charge is 0.468 e. The maximum atomic E-state index is 13.2. The molecule has 190 valence electrons. The topological polar surface area (TPSA) is 92.8 Å². The lowest BCUT2D eigenvalue weighted by molar-refractivity contribution is 0.148. The maximum Gasteiger partial charge on any atom is 0.252 e. The highest BCUT2D eigenvalue weighted by molar-refractivity contribution is 5.83. The summed E-state index contributed by atoms with van der Waals surface area (Å²) in [6.07, 6.45) is 3.28. The van der Waals surface area contributed by atoms with Gasteiger partial charge < -0.3 is 9.40 Å². The molecule has 0 bridgehead atoms. The third kappa shape index (κ3) is 5.39. The molecule has 0 saturated carbocycles. The lowest BCUT2D eigenvalue weighted by Gasteiger charge is -2.29. The minimum atomic E-state index is -0.106. The third-order valence-corrected chi connectivity index (χ3v) is 7.08. The Morgan fingerprint density at radius 3 is 2.65 bits per heavy atom. The number of nitrogens with one attached hydrogen (secondary N) is 1. The van der Waals surface area contributed by atoms with Crippen molar-refractivity contribution in [2.24, 2.45) is 0 Å². The van der Waals surface area contributed by atoms with E-state index in [0.29, 0.717) is 25.2 Å². The molecule has 0 spiro atoms. The Labute approximate surface area is 215 Å². The zero-order chi connectivity index (χ0) is 25.8. The van der Waals surface area contributed by atoms with Gasteiger partial charge in [-0.2, -0.15) is 0 Å². The van der Waals surface area contributed by atoms with Crippen LogP contribution >= 0.6 is 0 Å². The van der Waals surface area contributed by atoms with Crippen LogP contribution in [0.1, 0.15) is 53.2 Å². The Morgan fingerprint density at radius 1 is 1.05 bits per heavy atom. The lowest BCUT2D eigenvalue weighted by atomic mass is 10.0. The summed E-state index contributed by atoms with van der Waals surface area (Å²) in [4.78, 5) is 18.6. The van der Waals surface area contributed by atoms with E-state index < -0.39 is 0 Å². The zero-order valence-corrected chi connectivity index (χ0v) is 21.5. The van der Waals surface area contributed by atoms with Crippen LogP contribution in [0.15, 0.2) is 76.1 Å². The van der Waals surface area contributed by atoms with Gasteiger partial charge in [-0.25, -0.2) is 4.68 Å². The molecule has 0 aliphatic rings. The number of rotatable bonds is 10. The van der Waals surface area contributed by atoms with Gasteiger partial charge in [0.1, 0.15) is 5.76 Å². The van der Waals surface area contributed by atoms with E-state index in [1.54, 1.807) is 6.26 Å². The van der Waals surface area contributed by atoms with Crippen LogP contribution in [0.3, 0.4) is 0 Å².